The van der Waals surface area contributed by atoms with Gasteiger partial charge in [0.1, 0.15) is 5.75 Å². The molecule has 1 amide bonds. The maximum Gasteiger partial charge on any atom is 0.490 e. The van der Waals surface area contributed by atoms with Crippen molar-refractivity contribution in [2.45, 2.75) is 45.5 Å². The molecule has 0 aliphatic carbocycles. The van der Waals surface area contributed by atoms with E-state index in [1.54, 1.807) is 6.92 Å². The van der Waals surface area contributed by atoms with E-state index in [1.807, 2.05) is 38.1 Å². The van der Waals surface area contributed by atoms with Crippen molar-refractivity contribution in [3.05, 3.63) is 29.8 Å². The number of alkyl halides is 3. The molecule has 0 heterocycles. The van der Waals surface area contributed by atoms with Crippen LogP contribution in [0, 0.1) is 0 Å². The number of carbonyl (C=O) groups is 2. The van der Waals surface area contributed by atoms with E-state index in [1.165, 1.54) is 0 Å². The third kappa shape index (κ3) is 11.0. The molecule has 25 heavy (non-hydrogen) atoms. The molecule has 0 aliphatic heterocycles. The van der Waals surface area contributed by atoms with E-state index in [2.05, 4.69) is 5.32 Å². The summed E-state index contributed by atoms with van der Waals surface area (Å²) in [7, 11) is 0. The lowest BCUT2D eigenvalue weighted by molar-refractivity contribution is -0.192. The molecule has 1 aromatic carbocycles. The smallest absolute Gasteiger partial charge is 0.490 e. The summed E-state index contributed by atoms with van der Waals surface area (Å²) < 4.78 is 37.3. The average Bonchev–Trinajstić information content (AvgIpc) is 2.48. The fraction of sp³-hybridized carbons (Fsp3) is 0.500. The van der Waals surface area contributed by atoms with Crippen LogP contribution in [-0.4, -0.2) is 41.8 Å². The van der Waals surface area contributed by atoms with Crippen molar-refractivity contribution in [1.82, 2.24) is 5.32 Å². The number of nitrogens with one attached hydrogen (secondary N) is 1. The van der Waals surface area contributed by atoms with Gasteiger partial charge in [-0.3, -0.25) is 4.79 Å². The fourth-order valence-electron chi connectivity index (χ4n) is 1.50. The maximum atomic E-state index is 11.3. The number of nitrogens with two attached hydrogens (primary N) is 1. The van der Waals surface area contributed by atoms with Gasteiger partial charge < -0.3 is 20.9 Å². The van der Waals surface area contributed by atoms with Crippen molar-refractivity contribution in [3.63, 3.8) is 0 Å². The van der Waals surface area contributed by atoms with E-state index in [4.69, 9.17) is 20.4 Å². The molecule has 0 unspecified atom stereocenters. The van der Waals surface area contributed by atoms with Gasteiger partial charge in [-0.05, 0) is 44.9 Å². The summed E-state index contributed by atoms with van der Waals surface area (Å²) in [5.41, 5.74) is 6.62. The first-order chi connectivity index (χ1) is 11.4. The number of hydrogen-bond acceptors (Lipinski definition) is 4. The molecule has 0 aliphatic rings. The Kier molecular flexibility index (Phi) is 9.58. The second-order valence-corrected chi connectivity index (χ2v) is 5.44. The highest BCUT2D eigenvalue weighted by Crippen LogP contribution is 2.14. The van der Waals surface area contributed by atoms with E-state index >= 15 is 0 Å². The molecule has 4 N–H and O–H groups in total. The SMILES string of the molecule is CC(C)Oc1ccc(CCNC(=O)[C@H](C)N)cc1.O=C(O)C(F)(F)F. The number of amides is 1. The summed E-state index contributed by atoms with van der Waals surface area (Å²) in [6.07, 6.45) is -4.11. The number of ether oxygens (including phenoxy) is 1. The Morgan fingerprint density at radius 2 is 1.68 bits per heavy atom. The van der Waals surface area contributed by atoms with Crippen molar-refractivity contribution in [3.8, 4) is 5.75 Å². The van der Waals surface area contributed by atoms with E-state index < -0.39 is 18.2 Å². The lowest BCUT2D eigenvalue weighted by Crippen LogP contribution is -2.39. The van der Waals surface area contributed by atoms with E-state index in [-0.39, 0.29) is 12.0 Å². The van der Waals surface area contributed by atoms with Gasteiger partial charge in [0.25, 0.3) is 0 Å². The Balaban J connectivity index is 0.000000697. The molecule has 6 nitrogen and oxygen atoms in total. The van der Waals surface area contributed by atoms with Gasteiger partial charge in [-0.1, -0.05) is 12.1 Å². The zero-order chi connectivity index (χ0) is 19.6. The van der Waals surface area contributed by atoms with Gasteiger partial charge in [-0.25, -0.2) is 4.79 Å². The molecule has 1 aromatic rings. The molecule has 0 radical (unpaired) electrons. The molecule has 1 rings (SSSR count). The number of halogens is 3. The van der Waals surface area contributed by atoms with Crippen LogP contribution in [0.1, 0.15) is 26.3 Å². The molecule has 0 aromatic heterocycles. The first-order valence-electron chi connectivity index (χ1n) is 7.52. The number of benzene rings is 1. The van der Waals surface area contributed by atoms with Crippen LogP contribution in [0.5, 0.6) is 5.75 Å². The normalized spacial score (nSPS) is 12.0. The van der Waals surface area contributed by atoms with Crippen LogP contribution >= 0.6 is 0 Å². The first-order valence-corrected chi connectivity index (χ1v) is 7.52. The minimum atomic E-state index is -5.08. The van der Waals surface area contributed by atoms with Crippen molar-refractivity contribution >= 4 is 11.9 Å². The van der Waals surface area contributed by atoms with Crippen LogP contribution in [0.4, 0.5) is 13.2 Å². The van der Waals surface area contributed by atoms with Crippen LogP contribution < -0.4 is 15.8 Å². The van der Waals surface area contributed by atoms with Crippen LogP contribution in [0.3, 0.4) is 0 Å². The highest BCUT2D eigenvalue weighted by atomic mass is 19.4. The molecule has 142 valence electrons. The van der Waals surface area contributed by atoms with Crippen molar-refractivity contribution < 1.29 is 32.6 Å². The predicted molar refractivity (Wildman–Crippen MR) is 86.3 cm³/mol. The summed E-state index contributed by atoms with van der Waals surface area (Å²) in [4.78, 5) is 20.1. The standard InChI is InChI=1S/C14H22N2O2.C2HF3O2/c1-10(2)18-13-6-4-12(5-7-13)8-9-16-14(17)11(3)15;3-2(4,5)1(6)7/h4-7,10-11H,8-9,15H2,1-3H3,(H,16,17);(H,6,7)/t11-;/m0./s1. The van der Waals surface area contributed by atoms with Crippen molar-refractivity contribution in [2.24, 2.45) is 5.73 Å². The Labute approximate surface area is 144 Å². The topological polar surface area (TPSA) is 102 Å². The van der Waals surface area contributed by atoms with Gasteiger partial charge in [-0.2, -0.15) is 13.2 Å². The molecule has 0 bridgehead atoms. The van der Waals surface area contributed by atoms with E-state index in [0.717, 1.165) is 17.7 Å². The molecule has 0 fully saturated rings. The van der Waals surface area contributed by atoms with Gasteiger partial charge in [-0.15, -0.1) is 0 Å². The van der Waals surface area contributed by atoms with E-state index in [0.29, 0.717) is 6.54 Å². The number of aliphatic carboxylic acids is 1. The molecular formula is C16H23F3N2O4. The van der Waals surface area contributed by atoms with Crippen LogP contribution in [0.15, 0.2) is 24.3 Å². The number of hydrogen-bond donors (Lipinski definition) is 3. The Bertz CT molecular complexity index is 543. The largest absolute Gasteiger partial charge is 0.491 e. The molecule has 9 heteroatoms. The monoisotopic (exact) mass is 364 g/mol. The molecule has 0 saturated carbocycles. The van der Waals surface area contributed by atoms with Crippen molar-refractivity contribution in [1.29, 1.82) is 0 Å². The number of rotatable bonds is 6. The highest BCUT2D eigenvalue weighted by molar-refractivity contribution is 5.80. The Morgan fingerprint density at radius 1 is 1.20 bits per heavy atom. The summed E-state index contributed by atoms with van der Waals surface area (Å²) in [6, 6.07) is 7.46. The summed E-state index contributed by atoms with van der Waals surface area (Å²) in [5, 5.41) is 9.91. The molecule has 1 atom stereocenters. The van der Waals surface area contributed by atoms with Gasteiger partial charge >= 0.3 is 12.1 Å². The van der Waals surface area contributed by atoms with Gasteiger partial charge in [0.2, 0.25) is 5.91 Å². The lowest BCUT2D eigenvalue weighted by atomic mass is 10.1. The fourth-order valence-corrected chi connectivity index (χ4v) is 1.50. The number of carboxylic acids is 1. The third-order valence-corrected chi connectivity index (χ3v) is 2.66. The van der Waals surface area contributed by atoms with Gasteiger partial charge in [0.05, 0.1) is 12.1 Å². The van der Waals surface area contributed by atoms with Gasteiger partial charge in [0.15, 0.2) is 0 Å². The van der Waals surface area contributed by atoms with Crippen molar-refractivity contribution in [2.75, 3.05) is 6.54 Å². The minimum absolute atomic E-state index is 0.116. The number of carbonyl (C=O) groups excluding carboxylic acids is 1. The van der Waals surface area contributed by atoms with Crippen LogP contribution in [0.2, 0.25) is 0 Å². The first kappa shape index (κ1) is 22.7. The molecule has 0 spiro atoms. The summed E-state index contributed by atoms with van der Waals surface area (Å²) in [5.74, 6) is -2.00. The second kappa shape index (κ2) is 10.5. The maximum absolute atomic E-state index is 11.3. The zero-order valence-electron chi connectivity index (χ0n) is 14.3. The Morgan fingerprint density at radius 3 is 2.04 bits per heavy atom. The number of carboxylic acid groups (broad SMARTS) is 1. The minimum Gasteiger partial charge on any atom is -0.491 e. The van der Waals surface area contributed by atoms with Gasteiger partial charge in [0, 0.05) is 6.54 Å². The average molecular weight is 364 g/mol. The summed E-state index contributed by atoms with van der Waals surface area (Å²) >= 11 is 0. The van der Waals surface area contributed by atoms with Crippen LogP contribution in [0.25, 0.3) is 0 Å². The molecular weight excluding hydrogens is 341 g/mol. The van der Waals surface area contributed by atoms with E-state index in [9.17, 15) is 18.0 Å². The van der Waals surface area contributed by atoms with Crippen LogP contribution in [-0.2, 0) is 16.0 Å². The summed E-state index contributed by atoms with van der Waals surface area (Å²) in [6.45, 7) is 6.27. The molecule has 0 saturated heterocycles. The highest BCUT2D eigenvalue weighted by Gasteiger charge is 2.38. The quantitative estimate of drug-likeness (QED) is 0.718. The second-order valence-electron chi connectivity index (χ2n) is 5.44. The lowest BCUT2D eigenvalue weighted by Gasteiger charge is -2.10. The Hall–Kier alpha value is -2.29. The predicted octanol–water partition coefficient (Wildman–Crippen LogP) is 2.11. The third-order valence-electron chi connectivity index (χ3n) is 2.66. The zero-order valence-corrected chi connectivity index (χ0v) is 14.3.